The Labute approximate surface area is 124 Å². The predicted molar refractivity (Wildman–Crippen MR) is 83.5 cm³/mol. The van der Waals surface area contributed by atoms with E-state index in [1.165, 1.54) is 30.2 Å². The molecular formula is C17H22N2O2. The molecule has 3 rings (SSSR count). The molecule has 0 bridgehead atoms. The molecule has 0 spiro atoms. The van der Waals surface area contributed by atoms with Gasteiger partial charge in [0.1, 0.15) is 0 Å². The zero-order valence-corrected chi connectivity index (χ0v) is 12.7. The summed E-state index contributed by atoms with van der Waals surface area (Å²) in [6.45, 7) is 3.61. The number of methoxy groups -OCH3 is 1. The highest BCUT2D eigenvalue weighted by atomic mass is 16.5. The highest BCUT2D eigenvalue weighted by Gasteiger charge is 2.25. The second-order valence-corrected chi connectivity index (χ2v) is 5.91. The number of ether oxygens (including phenoxy) is 1. The molecule has 112 valence electrons. The predicted octanol–water partition coefficient (Wildman–Crippen LogP) is 2.51. The van der Waals surface area contributed by atoms with Crippen molar-refractivity contribution in [2.75, 3.05) is 13.7 Å². The topological polar surface area (TPSA) is 57.2 Å². The Kier molecular flexibility index (Phi) is 3.72. The van der Waals surface area contributed by atoms with Gasteiger partial charge in [0.15, 0.2) is 0 Å². The van der Waals surface area contributed by atoms with Crippen LogP contribution in [0.1, 0.15) is 35.0 Å². The maximum absolute atomic E-state index is 12.1. The van der Waals surface area contributed by atoms with Gasteiger partial charge >= 0.3 is 5.97 Å². The van der Waals surface area contributed by atoms with Crippen molar-refractivity contribution in [2.24, 2.45) is 11.7 Å². The Morgan fingerprint density at radius 1 is 1.48 bits per heavy atom. The van der Waals surface area contributed by atoms with Crippen LogP contribution in [0.25, 0.3) is 10.9 Å². The van der Waals surface area contributed by atoms with Crippen LogP contribution in [0.15, 0.2) is 18.2 Å². The summed E-state index contributed by atoms with van der Waals surface area (Å²) in [4.78, 5) is 12.1. The third-order valence-corrected chi connectivity index (χ3v) is 4.49. The van der Waals surface area contributed by atoms with Gasteiger partial charge in [-0.25, -0.2) is 4.79 Å². The van der Waals surface area contributed by atoms with Crippen LogP contribution in [0.5, 0.6) is 0 Å². The molecule has 1 aliphatic carbocycles. The van der Waals surface area contributed by atoms with E-state index in [-0.39, 0.29) is 5.97 Å². The van der Waals surface area contributed by atoms with Crippen LogP contribution in [0.3, 0.4) is 0 Å². The third-order valence-electron chi connectivity index (χ3n) is 4.49. The number of hydrogen-bond donors (Lipinski definition) is 1. The van der Waals surface area contributed by atoms with Crippen molar-refractivity contribution in [3.63, 3.8) is 0 Å². The first-order valence-electron chi connectivity index (χ1n) is 7.58. The van der Waals surface area contributed by atoms with Gasteiger partial charge in [0.05, 0.1) is 18.2 Å². The van der Waals surface area contributed by atoms with Crippen LogP contribution in [-0.2, 0) is 24.1 Å². The lowest BCUT2D eigenvalue weighted by atomic mass is 9.87. The van der Waals surface area contributed by atoms with E-state index in [1.54, 1.807) is 0 Å². The third kappa shape index (κ3) is 2.23. The summed E-state index contributed by atoms with van der Waals surface area (Å²) in [5.41, 5.74) is 10.2. The zero-order chi connectivity index (χ0) is 15.0. The molecule has 0 radical (unpaired) electrons. The molecule has 1 aromatic carbocycles. The van der Waals surface area contributed by atoms with E-state index in [9.17, 15) is 4.79 Å². The summed E-state index contributed by atoms with van der Waals surface area (Å²) in [6, 6.07) is 5.91. The largest absolute Gasteiger partial charge is 0.465 e. The van der Waals surface area contributed by atoms with Crippen molar-refractivity contribution in [3.05, 3.63) is 35.0 Å². The second kappa shape index (κ2) is 5.53. The van der Waals surface area contributed by atoms with Gasteiger partial charge in [0.2, 0.25) is 0 Å². The van der Waals surface area contributed by atoms with Crippen molar-refractivity contribution < 1.29 is 9.53 Å². The Hall–Kier alpha value is -1.81. The van der Waals surface area contributed by atoms with E-state index >= 15 is 0 Å². The SMILES string of the molecule is COC(=O)c1cccc2c3c(n(CCN)c12)CCC(C)C3. The number of para-hydroxylation sites is 1. The number of nitrogens with zero attached hydrogens (tertiary/aromatic N) is 1. The quantitative estimate of drug-likeness (QED) is 0.882. The van der Waals surface area contributed by atoms with E-state index in [1.807, 2.05) is 12.1 Å². The minimum atomic E-state index is -0.276. The number of benzene rings is 1. The number of esters is 1. The number of hydrogen-bond acceptors (Lipinski definition) is 3. The molecule has 1 heterocycles. The van der Waals surface area contributed by atoms with Crippen LogP contribution in [-0.4, -0.2) is 24.2 Å². The molecule has 0 saturated carbocycles. The normalized spacial score (nSPS) is 17.8. The maximum Gasteiger partial charge on any atom is 0.340 e. The van der Waals surface area contributed by atoms with Crippen LogP contribution in [0.2, 0.25) is 0 Å². The van der Waals surface area contributed by atoms with Gasteiger partial charge in [-0.1, -0.05) is 19.1 Å². The van der Waals surface area contributed by atoms with Gasteiger partial charge in [-0.05, 0) is 36.8 Å². The van der Waals surface area contributed by atoms with Crippen molar-refractivity contribution in [3.8, 4) is 0 Å². The minimum absolute atomic E-state index is 0.276. The summed E-state index contributed by atoms with van der Waals surface area (Å²) in [5.74, 6) is 0.415. The van der Waals surface area contributed by atoms with Crippen molar-refractivity contribution >= 4 is 16.9 Å². The van der Waals surface area contributed by atoms with Crippen LogP contribution < -0.4 is 5.73 Å². The van der Waals surface area contributed by atoms with Gasteiger partial charge < -0.3 is 15.0 Å². The number of nitrogens with two attached hydrogens (primary N) is 1. The Balaban J connectivity index is 2.31. The monoisotopic (exact) mass is 286 g/mol. The lowest BCUT2D eigenvalue weighted by molar-refractivity contribution is 0.0602. The van der Waals surface area contributed by atoms with Crippen molar-refractivity contribution in [1.82, 2.24) is 4.57 Å². The van der Waals surface area contributed by atoms with Crippen molar-refractivity contribution in [1.29, 1.82) is 0 Å². The number of carbonyl (C=O) groups excluding carboxylic acids is 1. The standard InChI is InChI=1S/C17H22N2O2/c1-11-6-7-15-14(10-11)12-4-3-5-13(17(20)21-2)16(12)19(15)9-8-18/h3-5,11H,6-10,18H2,1-2H3. The van der Waals surface area contributed by atoms with E-state index < -0.39 is 0 Å². The molecule has 4 nitrogen and oxygen atoms in total. The molecule has 1 aliphatic rings. The fourth-order valence-electron chi connectivity index (χ4n) is 3.53. The molecule has 1 unspecified atom stereocenters. The molecule has 2 aromatic rings. The molecule has 0 amide bonds. The Bertz CT molecular complexity index is 688. The summed E-state index contributed by atoms with van der Waals surface area (Å²) in [5, 5.41) is 1.19. The molecule has 0 saturated heterocycles. The number of fused-ring (bicyclic) bond motifs is 3. The molecule has 0 fully saturated rings. The average molecular weight is 286 g/mol. The average Bonchev–Trinajstić information content (AvgIpc) is 2.81. The Morgan fingerprint density at radius 3 is 3.00 bits per heavy atom. The van der Waals surface area contributed by atoms with Gasteiger partial charge in [-0.3, -0.25) is 0 Å². The van der Waals surface area contributed by atoms with Crippen LogP contribution in [0, 0.1) is 5.92 Å². The van der Waals surface area contributed by atoms with E-state index in [2.05, 4.69) is 17.6 Å². The minimum Gasteiger partial charge on any atom is -0.465 e. The summed E-state index contributed by atoms with van der Waals surface area (Å²) >= 11 is 0. The lowest BCUT2D eigenvalue weighted by Crippen LogP contribution is -2.17. The molecule has 21 heavy (non-hydrogen) atoms. The van der Waals surface area contributed by atoms with Gasteiger partial charge in [0.25, 0.3) is 0 Å². The van der Waals surface area contributed by atoms with Gasteiger partial charge in [-0.15, -0.1) is 0 Å². The highest BCUT2D eigenvalue weighted by Crippen LogP contribution is 2.35. The number of carbonyl (C=O) groups is 1. The first kappa shape index (κ1) is 14.1. The van der Waals surface area contributed by atoms with E-state index in [0.29, 0.717) is 18.0 Å². The van der Waals surface area contributed by atoms with E-state index in [4.69, 9.17) is 10.5 Å². The molecule has 4 heteroatoms. The first-order chi connectivity index (χ1) is 10.2. The van der Waals surface area contributed by atoms with Gasteiger partial charge in [0, 0.05) is 24.2 Å². The molecule has 2 N–H and O–H groups in total. The summed E-state index contributed by atoms with van der Waals surface area (Å²) in [7, 11) is 1.43. The lowest BCUT2D eigenvalue weighted by Gasteiger charge is -2.20. The van der Waals surface area contributed by atoms with Crippen LogP contribution in [0.4, 0.5) is 0 Å². The zero-order valence-electron chi connectivity index (χ0n) is 12.7. The highest BCUT2D eigenvalue weighted by molar-refractivity contribution is 6.04. The van der Waals surface area contributed by atoms with E-state index in [0.717, 1.165) is 24.9 Å². The fraction of sp³-hybridized carbons (Fsp3) is 0.471. The van der Waals surface area contributed by atoms with Crippen LogP contribution >= 0.6 is 0 Å². The molecule has 0 aliphatic heterocycles. The molecular weight excluding hydrogens is 264 g/mol. The summed E-state index contributed by atoms with van der Waals surface area (Å²) in [6.07, 6.45) is 3.33. The molecule has 1 atom stereocenters. The Morgan fingerprint density at radius 2 is 2.29 bits per heavy atom. The molecule has 1 aromatic heterocycles. The van der Waals surface area contributed by atoms with Gasteiger partial charge in [-0.2, -0.15) is 0 Å². The smallest absolute Gasteiger partial charge is 0.340 e. The maximum atomic E-state index is 12.1. The fourth-order valence-corrected chi connectivity index (χ4v) is 3.53. The number of aromatic nitrogens is 1. The second-order valence-electron chi connectivity index (χ2n) is 5.91. The first-order valence-corrected chi connectivity index (χ1v) is 7.58. The summed E-state index contributed by atoms with van der Waals surface area (Å²) < 4.78 is 7.19. The number of rotatable bonds is 3. The van der Waals surface area contributed by atoms with Crippen molar-refractivity contribution in [2.45, 2.75) is 32.7 Å².